The Hall–Kier alpha value is 1.52. The first-order valence-corrected chi connectivity index (χ1v) is 15.0. The van der Waals surface area contributed by atoms with Gasteiger partial charge in [0, 0.05) is 0 Å². The molecule has 0 bridgehead atoms. The Labute approximate surface area is 142 Å². The van der Waals surface area contributed by atoms with Crippen molar-refractivity contribution < 1.29 is 20.9 Å². The summed E-state index contributed by atoms with van der Waals surface area (Å²) in [4.78, 5) is 0. The summed E-state index contributed by atoms with van der Waals surface area (Å²) in [7, 11) is 0. The molecule has 0 fully saturated rings. The molecule has 0 saturated carbocycles. The number of rotatable bonds is 3. The maximum absolute atomic E-state index is 2.55. The first-order valence-electron chi connectivity index (χ1n) is 5.38. The van der Waals surface area contributed by atoms with E-state index in [1.54, 1.807) is 0 Å². The molecular formula is C12H19I2SiZr. The molecule has 16 heavy (non-hydrogen) atoms. The van der Waals surface area contributed by atoms with Crippen molar-refractivity contribution in [2.75, 3.05) is 0 Å². The van der Waals surface area contributed by atoms with E-state index in [9.17, 15) is 0 Å². The third kappa shape index (κ3) is 4.32. The van der Waals surface area contributed by atoms with E-state index < -0.39 is 26.8 Å². The number of halogens is 2. The SMILES string of the molecule is C[SiH](C)[Zr]([C]1=CC=CC1)[C]1=CC=CC1.I.I. The molecule has 4 heteroatoms. The molecule has 0 unspecified atom stereocenters. The predicted octanol–water partition coefficient (Wildman–Crippen LogP) is 4.51. The minimum absolute atomic E-state index is 0. The van der Waals surface area contributed by atoms with E-state index >= 15 is 0 Å². The van der Waals surface area contributed by atoms with Gasteiger partial charge in [-0.25, -0.2) is 0 Å². The molecule has 0 aliphatic heterocycles. The summed E-state index contributed by atoms with van der Waals surface area (Å²) < 4.78 is 3.70. The summed E-state index contributed by atoms with van der Waals surface area (Å²) in [5.74, 6) is -0.412. The normalized spacial score (nSPS) is 16.7. The van der Waals surface area contributed by atoms with E-state index in [2.05, 4.69) is 49.6 Å². The van der Waals surface area contributed by atoms with Gasteiger partial charge in [0.1, 0.15) is 0 Å². The zero-order chi connectivity index (χ0) is 9.97. The second-order valence-corrected chi connectivity index (χ2v) is 23.6. The van der Waals surface area contributed by atoms with Crippen LogP contribution in [-0.2, 0) is 20.9 Å². The molecule has 0 N–H and O–H groups in total. The second kappa shape index (κ2) is 8.59. The Balaban J connectivity index is 0.00000112. The van der Waals surface area contributed by atoms with Crippen LogP contribution in [0.2, 0.25) is 13.1 Å². The summed E-state index contributed by atoms with van der Waals surface area (Å²) in [6.45, 7) is 5.10. The Morgan fingerprint density at radius 1 is 0.938 bits per heavy atom. The van der Waals surface area contributed by atoms with Gasteiger partial charge in [0.15, 0.2) is 0 Å². The minimum Gasteiger partial charge on any atom is -0.107 e. The zero-order valence-electron chi connectivity index (χ0n) is 9.77. The maximum Gasteiger partial charge on any atom is -0.107 e. The second-order valence-electron chi connectivity index (χ2n) is 4.22. The fraction of sp³-hybridized carbons (Fsp3) is 0.333. The van der Waals surface area contributed by atoms with Crippen LogP contribution in [-0.4, -0.2) is 5.92 Å². The number of hydrogen-bond donors (Lipinski definition) is 0. The third-order valence-corrected chi connectivity index (χ3v) is 22.1. The zero-order valence-corrected chi connectivity index (χ0v) is 18.0. The monoisotopic (exact) mass is 535 g/mol. The van der Waals surface area contributed by atoms with Crippen LogP contribution in [0.3, 0.4) is 0 Å². The number of allylic oxidation sites excluding steroid dienone is 8. The van der Waals surface area contributed by atoms with Crippen molar-refractivity contribution in [2.24, 2.45) is 0 Å². The summed E-state index contributed by atoms with van der Waals surface area (Å²) in [6, 6.07) is 0. The molecule has 0 atom stereocenters. The van der Waals surface area contributed by atoms with Gasteiger partial charge in [0.05, 0.1) is 0 Å². The molecule has 89 valence electrons. The van der Waals surface area contributed by atoms with Gasteiger partial charge in [-0.3, -0.25) is 0 Å². The molecule has 0 saturated heterocycles. The fourth-order valence-corrected chi connectivity index (χ4v) is 21.2. The Morgan fingerprint density at radius 3 is 1.62 bits per heavy atom. The molecule has 0 aromatic heterocycles. The largest absolute Gasteiger partial charge is 0.107 e. The van der Waals surface area contributed by atoms with Crippen LogP contribution < -0.4 is 0 Å². The van der Waals surface area contributed by atoms with Crippen LogP contribution >= 0.6 is 48.0 Å². The van der Waals surface area contributed by atoms with Gasteiger partial charge in [0.2, 0.25) is 0 Å². The van der Waals surface area contributed by atoms with E-state index in [1.807, 2.05) is 6.56 Å². The molecule has 0 aromatic rings. The summed E-state index contributed by atoms with van der Waals surface area (Å²) in [5.41, 5.74) is 0. The van der Waals surface area contributed by atoms with Gasteiger partial charge in [-0.15, -0.1) is 48.0 Å². The van der Waals surface area contributed by atoms with Crippen molar-refractivity contribution in [3.63, 3.8) is 0 Å². The van der Waals surface area contributed by atoms with Gasteiger partial charge in [-0.05, 0) is 0 Å². The van der Waals surface area contributed by atoms with Crippen LogP contribution in [0.15, 0.2) is 43.0 Å². The molecule has 0 nitrogen and oxygen atoms in total. The third-order valence-electron chi connectivity index (χ3n) is 2.81. The van der Waals surface area contributed by atoms with Gasteiger partial charge < -0.3 is 0 Å². The Bertz CT molecular complexity index is 313. The van der Waals surface area contributed by atoms with Crippen molar-refractivity contribution in [3.05, 3.63) is 43.0 Å². The van der Waals surface area contributed by atoms with E-state index in [-0.39, 0.29) is 48.0 Å². The van der Waals surface area contributed by atoms with Crippen molar-refractivity contribution in [1.82, 2.24) is 0 Å². The molecule has 0 radical (unpaired) electrons. The minimum atomic E-state index is -1.29. The first-order chi connectivity index (χ1) is 6.79. The molecule has 2 rings (SSSR count). The Morgan fingerprint density at radius 2 is 1.38 bits per heavy atom. The maximum atomic E-state index is 2.55. The van der Waals surface area contributed by atoms with Crippen LogP contribution in [0.5, 0.6) is 0 Å². The molecule has 0 spiro atoms. The fourth-order valence-electron chi connectivity index (χ4n) is 2.24. The van der Waals surface area contributed by atoms with Gasteiger partial charge in [0.25, 0.3) is 0 Å². The standard InChI is InChI=1S/2C5H5.C2H7Si.2HI.Zr/c2*1-2-4-5-3-1;1-3-2;;;/h2*1-3H,4H2;3H,1-2H3;2*1H;. The van der Waals surface area contributed by atoms with Gasteiger partial charge >= 0.3 is 95.8 Å². The average Bonchev–Trinajstić information content (AvgIpc) is 2.75. The molecule has 0 aromatic carbocycles. The van der Waals surface area contributed by atoms with E-state index in [4.69, 9.17) is 0 Å². The molecule has 2 aliphatic rings. The summed E-state index contributed by atoms with van der Waals surface area (Å²) in [5, 5.41) is 0. The summed E-state index contributed by atoms with van der Waals surface area (Å²) >= 11 is -1.29. The van der Waals surface area contributed by atoms with Crippen molar-refractivity contribution >= 4 is 53.9 Å². The molecular weight excluding hydrogens is 517 g/mol. The first kappa shape index (κ1) is 17.5. The smallest absolute Gasteiger partial charge is 0.107 e. The van der Waals surface area contributed by atoms with Crippen molar-refractivity contribution in [2.45, 2.75) is 25.9 Å². The van der Waals surface area contributed by atoms with Crippen LogP contribution in [0.25, 0.3) is 0 Å². The average molecular weight is 536 g/mol. The summed E-state index contributed by atoms with van der Waals surface area (Å²) in [6.07, 6.45) is 16.6. The quantitative estimate of drug-likeness (QED) is 0.368. The van der Waals surface area contributed by atoms with Gasteiger partial charge in [-0.1, -0.05) is 0 Å². The van der Waals surface area contributed by atoms with Crippen LogP contribution in [0.1, 0.15) is 12.8 Å². The van der Waals surface area contributed by atoms with E-state index in [1.165, 1.54) is 12.8 Å². The van der Waals surface area contributed by atoms with Crippen LogP contribution in [0, 0.1) is 0 Å². The molecule has 0 amide bonds. The Kier molecular flexibility index (Phi) is 9.41. The van der Waals surface area contributed by atoms with Crippen molar-refractivity contribution in [3.8, 4) is 0 Å². The van der Waals surface area contributed by atoms with Gasteiger partial charge in [-0.2, -0.15) is 0 Å². The molecule has 2 aliphatic carbocycles. The van der Waals surface area contributed by atoms with Crippen LogP contribution in [0.4, 0.5) is 0 Å². The predicted molar refractivity (Wildman–Crippen MR) is 93.4 cm³/mol. The van der Waals surface area contributed by atoms with Crippen molar-refractivity contribution in [1.29, 1.82) is 0 Å². The topological polar surface area (TPSA) is 0 Å². The van der Waals surface area contributed by atoms with E-state index in [0.29, 0.717) is 0 Å². The molecule has 0 heterocycles. The van der Waals surface area contributed by atoms with E-state index in [0.717, 1.165) is 0 Å². The number of hydrogen-bond acceptors (Lipinski definition) is 0.